The van der Waals surface area contributed by atoms with Gasteiger partial charge in [0, 0.05) is 26.2 Å². The van der Waals surface area contributed by atoms with E-state index in [1.807, 2.05) is 0 Å². The van der Waals surface area contributed by atoms with Crippen LogP contribution in [0.5, 0.6) is 5.75 Å². The minimum Gasteiger partial charge on any atom is -0.492 e. The number of ether oxygens (including phenoxy) is 2. The SMILES string of the molecule is CN(CCOc1ccc(S(=O)(=O)N2CCOCC2)cc1)CC12CC3CC(CC(C3)C1)C2. The van der Waals surface area contributed by atoms with Gasteiger partial charge < -0.3 is 14.4 Å². The number of likely N-dealkylation sites (N-methyl/N-ethyl adjacent to an activating group) is 1. The van der Waals surface area contributed by atoms with E-state index in [1.165, 1.54) is 49.4 Å². The van der Waals surface area contributed by atoms with Gasteiger partial charge in [0.2, 0.25) is 10.0 Å². The molecular weight excluding hydrogens is 412 g/mol. The fourth-order valence-corrected chi connectivity index (χ4v) is 8.51. The van der Waals surface area contributed by atoms with Crippen LogP contribution in [0.1, 0.15) is 38.5 Å². The number of hydrogen-bond acceptors (Lipinski definition) is 5. The van der Waals surface area contributed by atoms with Gasteiger partial charge in [0.1, 0.15) is 12.4 Å². The van der Waals surface area contributed by atoms with Gasteiger partial charge in [0.25, 0.3) is 0 Å². The molecule has 0 amide bonds. The number of rotatable bonds is 8. The lowest BCUT2D eigenvalue weighted by atomic mass is 9.49. The highest BCUT2D eigenvalue weighted by atomic mass is 32.2. The van der Waals surface area contributed by atoms with Crippen molar-refractivity contribution in [2.75, 3.05) is 53.0 Å². The molecule has 4 bridgehead atoms. The average molecular weight is 449 g/mol. The van der Waals surface area contributed by atoms with E-state index in [0.29, 0.717) is 43.2 Å². The quantitative estimate of drug-likeness (QED) is 0.611. The third-order valence-corrected chi connectivity index (χ3v) is 9.86. The van der Waals surface area contributed by atoms with E-state index in [1.54, 1.807) is 24.3 Å². The van der Waals surface area contributed by atoms with E-state index in [4.69, 9.17) is 9.47 Å². The van der Waals surface area contributed by atoms with Crippen LogP contribution in [0.4, 0.5) is 0 Å². The molecule has 172 valence electrons. The first-order chi connectivity index (χ1) is 14.9. The first kappa shape index (κ1) is 21.7. The Balaban J connectivity index is 1.11. The molecule has 1 heterocycles. The molecule has 0 spiro atoms. The van der Waals surface area contributed by atoms with E-state index >= 15 is 0 Å². The van der Waals surface area contributed by atoms with Crippen molar-refractivity contribution in [2.24, 2.45) is 23.2 Å². The second-order valence-corrected chi connectivity index (χ2v) is 12.4. The van der Waals surface area contributed by atoms with Gasteiger partial charge in [-0.1, -0.05) is 0 Å². The van der Waals surface area contributed by atoms with Crippen LogP contribution in [-0.4, -0.2) is 70.7 Å². The summed E-state index contributed by atoms with van der Waals surface area (Å²) in [6.45, 7) is 4.45. The molecule has 31 heavy (non-hydrogen) atoms. The van der Waals surface area contributed by atoms with Crippen LogP contribution < -0.4 is 4.74 Å². The Hall–Kier alpha value is -1.15. The van der Waals surface area contributed by atoms with E-state index < -0.39 is 10.0 Å². The van der Waals surface area contributed by atoms with E-state index in [2.05, 4.69) is 11.9 Å². The molecule has 6 rings (SSSR count). The van der Waals surface area contributed by atoms with Crippen molar-refractivity contribution in [3.8, 4) is 5.75 Å². The van der Waals surface area contributed by atoms with Crippen LogP contribution in [0.2, 0.25) is 0 Å². The second kappa shape index (κ2) is 8.65. The van der Waals surface area contributed by atoms with Gasteiger partial charge in [-0.3, -0.25) is 0 Å². The van der Waals surface area contributed by atoms with Crippen molar-refractivity contribution in [1.82, 2.24) is 9.21 Å². The van der Waals surface area contributed by atoms with Crippen LogP contribution in [0.15, 0.2) is 29.2 Å². The zero-order valence-corrected chi connectivity index (χ0v) is 19.5. The average Bonchev–Trinajstić information content (AvgIpc) is 2.73. The number of morpholine rings is 1. The molecule has 4 aliphatic carbocycles. The summed E-state index contributed by atoms with van der Waals surface area (Å²) in [5.74, 6) is 3.69. The maximum absolute atomic E-state index is 12.7. The summed E-state index contributed by atoms with van der Waals surface area (Å²) in [5.41, 5.74) is 0.555. The molecule has 0 aromatic heterocycles. The molecule has 5 aliphatic rings. The van der Waals surface area contributed by atoms with Crippen molar-refractivity contribution in [3.05, 3.63) is 24.3 Å². The Morgan fingerprint density at radius 2 is 1.61 bits per heavy atom. The molecule has 0 atom stereocenters. The normalized spacial score (nSPS) is 33.2. The molecule has 0 unspecified atom stereocenters. The lowest BCUT2D eigenvalue weighted by Gasteiger charge is -2.57. The van der Waals surface area contributed by atoms with Crippen molar-refractivity contribution >= 4 is 10.0 Å². The monoisotopic (exact) mass is 448 g/mol. The van der Waals surface area contributed by atoms with Crippen molar-refractivity contribution in [3.63, 3.8) is 0 Å². The lowest BCUT2D eigenvalue weighted by Crippen LogP contribution is -2.51. The summed E-state index contributed by atoms with van der Waals surface area (Å²) in [5, 5.41) is 0. The summed E-state index contributed by atoms with van der Waals surface area (Å²) in [6, 6.07) is 6.84. The zero-order chi connectivity index (χ0) is 21.5. The van der Waals surface area contributed by atoms with Gasteiger partial charge in [0.05, 0.1) is 18.1 Å². The molecule has 0 N–H and O–H groups in total. The van der Waals surface area contributed by atoms with Gasteiger partial charge >= 0.3 is 0 Å². The van der Waals surface area contributed by atoms with Gasteiger partial charge in [-0.05, 0) is 93.0 Å². The minimum atomic E-state index is -3.45. The third kappa shape index (κ3) is 4.65. The first-order valence-corrected chi connectivity index (χ1v) is 13.4. The van der Waals surface area contributed by atoms with Gasteiger partial charge in [-0.2, -0.15) is 4.31 Å². The summed E-state index contributed by atoms with van der Waals surface area (Å²) in [4.78, 5) is 2.77. The Labute approximate surface area is 186 Å². The molecule has 1 aromatic carbocycles. The van der Waals surface area contributed by atoms with Crippen LogP contribution in [0.3, 0.4) is 0 Å². The molecule has 1 aromatic rings. The Morgan fingerprint density at radius 3 is 2.19 bits per heavy atom. The standard InChI is InChI=1S/C24H36N2O4S/c1-25(18-24-15-19-12-20(16-24)14-21(13-19)17-24)6-11-30-22-2-4-23(5-3-22)31(27,28)26-7-9-29-10-8-26/h2-5,19-21H,6-18H2,1H3. The number of benzene rings is 1. The number of hydrogen-bond donors (Lipinski definition) is 0. The molecule has 5 fully saturated rings. The molecule has 0 radical (unpaired) electrons. The van der Waals surface area contributed by atoms with E-state index in [-0.39, 0.29) is 0 Å². The van der Waals surface area contributed by atoms with Crippen LogP contribution in [-0.2, 0) is 14.8 Å². The van der Waals surface area contributed by atoms with Crippen molar-refractivity contribution in [2.45, 2.75) is 43.4 Å². The lowest BCUT2D eigenvalue weighted by molar-refractivity contribution is -0.0668. The van der Waals surface area contributed by atoms with Crippen LogP contribution >= 0.6 is 0 Å². The topological polar surface area (TPSA) is 59.1 Å². The number of sulfonamides is 1. The zero-order valence-electron chi connectivity index (χ0n) is 18.7. The third-order valence-electron chi connectivity index (χ3n) is 7.94. The van der Waals surface area contributed by atoms with Crippen LogP contribution in [0, 0.1) is 23.2 Å². The largest absolute Gasteiger partial charge is 0.492 e. The van der Waals surface area contributed by atoms with Gasteiger partial charge in [-0.15, -0.1) is 0 Å². The molecule has 1 saturated heterocycles. The summed E-state index contributed by atoms with van der Waals surface area (Å²) >= 11 is 0. The Kier molecular flexibility index (Phi) is 6.05. The molecule has 1 aliphatic heterocycles. The molecule has 7 heteroatoms. The Morgan fingerprint density at radius 1 is 1.03 bits per heavy atom. The summed E-state index contributed by atoms with van der Waals surface area (Å²) < 4.78 is 38.1. The number of nitrogens with zero attached hydrogens (tertiary/aromatic N) is 2. The van der Waals surface area contributed by atoms with E-state index in [0.717, 1.165) is 30.0 Å². The highest BCUT2D eigenvalue weighted by molar-refractivity contribution is 7.89. The molecule has 4 saturated carbocycles. The van der Waals surface area contributed by atoms with Crippen molar-refractivity contribution < 1.29 is 17.9 Å². The summed E-state index contributed by atoms with van der Waals surface area (Å²) in [6.07, 6.45) is 8.77. The second-order valence-electron chi connectivity index (χ2n) is 10.5. The minimum absolute atomic E-state index is 0.320. The molecule has 6 nitrogen and oxygen atoms in total. The maximum atomic E-state index is 12.7. The first-order valence-electron chi connectivity index (χ1n) is 11.9. The highest BCUT2D eigenvalue weighted by Gasteiger charge is 2.50. The smallest absolute Gasteiger partial charge is 0.243 e. The van der Waals surface area contributed by atoms with Gasteiger partial charge in [-0.25, -0.2) is 8.42 Å². The predicted octanol–water partition coefficient (Wildman–Crippen LogP) is 3.23. The Bertz CT molecular complexity index is 829. The summed E-state index contributed by atoms with van der Waals surface area (Å²) in [7, 11) is -1.23. The van der Waals surface area contributed by atoms with Crippen LogP contribution in [0.25, 0.3) is 0 Å². The van der Waals surface area contributed by atoms with Gasteiger partial charge in [0.15, 0.2) is 0 Å². The molecular formula is C24H36N2O4S. The fraction of sp³-hybridized carbons (Fsp3) is 0.750. The maximum Gasteiger partial charge on any atom is 0.243 e. The fourth-order valence-electron chi connectivity index (χ4n) is 7.10. The van der Waals surface area contributed by atoms with E-state index in [9.17, 15) is 8.42 Å². The van der Waals surface area contributed by atoms with Crippen molar-refractivity contribution in [1.29, 1.82) is 0 Å². The predicted molar refractivity (Wildman–Crippen MR) is 120 cm³/mol. The highest BCUT2D eigenvalue weighted by Crippen LogP contribution is 2.60.